The number of nitrogens with one attached hydrogen (secondary N) is 2. The summed E-state index contributed by atoms with van der Waals surface area (Å²) >= 11 is 0. The lowest BCUT2D eigenvalue weighted by Gasteiger charge is -2.09. The number of fused-ring (bicyclic) bond motifs is 1. The fraction of sp³-hybridized carbons (Fsp3) is 0.200. The quantitative estimate of drug-likeness (QED) is 0.751. The summed E-state index contributed by atoms with van der Waals surface area (Å²) in [7, 11) is 1.61. The highest BCUT2D eigenvalue weighted by molar-refractivity contribution is 5.95. The molecule has 1 aromatic heterocycles. The Morgan fingerprint density at radius 3 is 2.56 bits per heavy atom. The third-order valence-electron chi connectivity index (χ3n) is 4.12. The average molecular weight is 336 g/mol. The highest BCUT2D eigenvalue weighted by Crippen LogP contribution is 2.20. The van der Waals surface area contributed by atoms with Crippen LogP contribution in [0.3, 0.4) is 0 Å². The zero-order valence-electron chi connectivity index (χ0n) is 14.3. The van der Waals surface area contributed by atoms with E-state index in [2.05, 4.69) is 10.3 Å². The molecular weight excluding hydrogens is 316 g/mol. The van der Waals surface area contributed by atoms with Crippen molar-refractivity contribution >= 4 is 22.5 Å². The molecule has 128 valence electrons. The highest BCUT2D eigenvalue weighted by Gasteiger charge is 2.07. The topological polar surface area (TPSA) is 71.2 Å². The number of hydrogen-bond acceptors (Lipinski definition) is 3. The number of methoxy groups -OCH3 is 1. The number of carbonyl (C=O) groups excluding carboxylic acids is 1. The van der Waals surface area contributed by atoms with E-state index in [0.717, 1.165) is 34.2 Å². The molecule has 0 saturated carbocycles. The molecule has 0 aliphatic heterocycles. The molecule has 5 heteroatoms. The molecule has 0 bridgehead atoms. The molecule has 5 nitrogen and oxygen atoms in total. The summed E-state index contributed by atoms with van der Waals surface area (Å²) in [6, 6.07) is 14.6. The number of hydrogen-bond donors (Lipinski definition) is 2. The molecule has 0 unspecified atom stereocenters. The minimum absolute atomic E-state index is 0.112. The van der Waals surface area contributed by atoms with Crippen molar-refractivity contribution in [2.45, 2.75) is 19.8 Å². The molecule has 2 N–H and O–H groups in total. The number of anilines is 1. The van der Waals surface area contributed by atoms with Gasteiger partial charge in [-0.15, -0.1) is 0 Å². The van der Waals surface area contributed by atoms with Gasteiger partial charge in [-0.05, 0) is 41.8 Å². The van der Waals surface area contributed by atoms with Gasteiger partial charge in [0, 0.05) is 17.1 Å². The zero-order valence-corrected chi connectivity index (χ0v) is 14.3. The Hall–Kier alpha value is -3.08. The van der Waals surface area contributed by atoms with E-state index in [0.29, 0.717) is 5.69 Å². The second kappa shape index (κ2) is 7.21. The molecule has 0 fully saturated rings. The van der Waals surface area contributed by atoms with Gasteiger partial charge in [-0.25, -0.2) is 0 Å². The maximum atomic E-state index is 12.2. The van der Waals surface area contributed by atoms with E-state index in [1.165, 1.54) is 0 Å². The van der Waals surface area contributed by atoms with Gasteiger partial charge in [0.05, 0.1) is 19.0 Å². The molecule has 0 spiro atoms. The number of aryl methyl sites for hydroxylation is 1. The number of carbonyl (C=O) groups is 1. The Labute approximate surface area is 145 Å². The first-order chi connectivity index (χ1) is 12.1. The number of aromatic nitrogens is 1. The number of H-pyrrole nitrogens is 1. The summed E-state index contributed by atoms with van der Waals surface area (Å²) in [6.07, 6.45) is 1.05. The zero-order chi connectivity index (χ0) is 17.8. The van der Waals surface area contributed by atoms with Gasteiger partial charge in [-0.2, -0.15) is 0 Å². The fourth-order valence-electron chi connectivity index (χ4n) is 2.84. The number of rotatable bonds is 5. The molecule has 0 radical (unpaired) electrons. The number of ether oxygens (including phenoxy) is 1. The number of benzene rings is 2. The van der Waals surface area contributed by atoms with E-state index >= 15 is 0 Å². The van der Waals surface area contributed by atoms with E-state index in [1.54, 1.807) is 19.2 Å². The van der Waals surface area contributed by atoms with Crippen LogP contribution in [0.1, 0.15) is 18.1 Å². The van der Waals surface area contributed by atoms with Crippen LogP contribution in [0.25, 0.3) is 10.9 Å². The SMILES string of the molecule is CCc1cc(=O)[nH]c2cc(NC(=O)Cc3ccc(OC)cc3)ccc12. The predicted octanol–water partition coefficient (Wildman–Crippen LogP) is 3.28. The molecule has 0 atom stereocenters. The van der Waals surface area contributed by atoms with Crippen LogP contribution in [0.2, 0.25) is 0 Å². The third kappa shape index (κ3) is 3.88. The first kappa shape index (κ1) is 16.8. The first-order valence-corrected chi connectivity index (χ1v) is 8.18. The van der Waals surface area contributed by atoms with E-state index < -0.39 is 0 Å². The number of aromatic amines is 1. The van der Waals surface area contributed by atoms with Crippen molar-refractivity contribution in [3.8, 4) is 5.75 Å². The molecule has 1 heterocycles. The van der Waals surface area contributed by atoms with Gasteiger partial charge in [0.25, 0.3) is 0 Å². The summed E-state index contributed by atoms with van der Waals surface area (Å²) in [4.78, 5) is 26.8. The molecule has 3 aromatic rings. The van der Waals surface area contributed by atoms with Gasteiger partial charge in [-0.3, -0.25) is 9.59 Å². The van der Waals surface area contributed by atoms with Crippen molar-refractivity contribution < 1.29 is 9.53 Å². The minimum Gasteiger partial charge on any atom is -0.497 e. The monoisotopic (exact) mass is 336 g/mol. The largest absolute Gasteiger partial charge is 0.497 e. The van der Waals surface area contributed by atoms with Crippen molar-refractivity contribution in [3.63, 3.8) is 0 Å². The van der Waals surface area contributed by atoms with Crippen LogP contribution >= 0.6 is 0 Å². The Morgan fingerprint density at radius 1 is 1.12 bits per heavy atom. The minimum atomic E-state index is -0.133. The maximum Gasteiger partial charge on any atom is 0.248 e. The van der Waals surface area contributed by atoms with Crippen LogP contribution in [0, 0.1) is 0 Å². The van der Waals surface area contributed by atoms with Gasteiger partial charge >= 0.3 is 0 Å². The van der Waals surface area contributed by atoms with Crippen molar-refractivity contribution in [2.75, 3.05) is 12.4 Å². The molecule has 3 rings (SSSR count). The molecule has 0 aliphatic rings. The summed E-state index contributed by atoms with van der Waals surface area (Å²) in [5.74, 6) is 0.646. The van der Waals surface area contributed by atoms with Crippen LogP contribution in [-0.4, -0.2) is 18.0 Å². The van der Waals surface area contributed by atoms with E-state index in [9.17, 15) is 9.59 Å². The van der Waals surface area contributed by atoms with Gasteiger partial charge in [0.1, 0.15) is 5.75 Å². The van der Waals surface area contributed by atoms with Gasteiger partial charge in [-0.1, -0.05) is 25.1 Å². The summed E-state index contributed by atoms with van der Waals surface area (Å²) in [5.41, 5.74) is 3.16. The third-order valence-corrected chi connectivity index (χ3v) is 4.12. The Kier molecular flexibility index (Phi) is 4.84. The average Bonchev–Trinajstić information content (AvgIpc) is 2.61. The summed E-state index contributed by atoms with van der Waals surface area (Å²) < 4.78 is 5.11. The van der Waals surface area contributed by atoms with Crippen LogP contribution in [-0.2, 0) is 17.6 Å². The molecule has 0 saturated heterocycles. The molecule has 1 amide bonds. The summed E-state index contributed by atoms with van der Waals surface area (Å²) in [5, 5.41) is 3.87. The Bertz CT molecular complexity index is 959. The summed E-state index contributed by atoms with van der Waals surface area (Å²) in [6.45, 7) is 2.01. The van der Waals surface area contributed by atoms with Crippen molar-refractivity contribution in [1.29, 1.82) is 0 Å². The van der Waals surface area contributed by atoms with E-state index in [4.69, 9.17) is 4.74 Å². The van der Waals surface area contributed by atoms with Crippen molar-refractivity contribution in [2.24, 2.45) is 0 Å². The lowest BCUT2D eigenvalue weighted by Crippen LogP contribution is -2.14. The second-order valence-corrected chi connectivity index (χ2v) is 5.85. The molecule has 25 heavy (non-hydrogen) atoms. The lowest BCUT2D eigenvalue weighted by molar-refractivity contribution is -0.115. The van der Waals surface area contributed by atoms with Crippen LogP contribution < -0.4 is 15.6 Å². The van der Waals surface area contributed by atoms with Gasteiger partial charge < -0.3 is 15.0 Å². The lowest BCUT2D eigenvalue weighted by atomic mass is 10.1. The first-order valence-electron chi connectivity index (χ1n) is 8.18. The van der Waals surface area contributed by atoms with Crippen LogP contribution in [0.15, 0.2) is 53.3 Å². The van der Waals surface area contributed by atoms with Gasteiger partial charge in [0.2, 0.25) is 11.5 Å². The van der Waals surface area contributed by atoms with Gasteiger partial charge in [0.15, 0.2) is 0 Å². The molecule has 2 aromatic carbocycles. The van der Waals surface area contributed by atoms with Crippen LogP contribution in [0.4, 0.5) is 5.69 Å². The molecular formula is C20H20N2O3. The smallest absolute Gasteiger partial charge is 0.248 e. The van der Waals surface area contributed by atoms with E-state index in [1.807, 2.05) is 43.3 Å². The Balaban J connectivity index is 1.77. The standard InChI is InChI=1S/C20H20N2O3/c1-3-14-11-20(24)22-18-12-15(6-9-17(14)18)21-19(23)10-13-4-7-16(25-2)8-5-13/h4-9,11-12H,3,10H2,1-2H3,(H,21,23)(H,22,24). The predicted molar refractivity (Wildman–Crippen MR) is 99.3 cm³/mol. The van der Waals surface area contributed by atoms with Crippen molar-refractivity contribution in [1.82, 2.24) is 4.98 Å². The Morgan fingerprint density at radius 2 is 1.88 bits per heavy atom. The fourth-order valence-corrected chi connectivity index (χ4v) is 2.84. The number of pyridine rings is 1. The van der Waals surface area contributed by atoms with Crippen molar-refractivity contribution in [3.05, 3.63) is 70.0 Å². The van der Waals surface area contributed by atoms with Crippen LogP contribution in [0.5, 0.6) is 5.75 Å². The normalized spacial score (nSPS) is 10.6. The highest BCUT2D eigenvalue weighted by atomic mass is 16.5. The molecule has 0 aliphatic carbocycles. The van der Waals surface area contributed by atoms with E-state index in [-0.39, 0.29) is 17.9 Å². The number of amides is 1. The second-order valence-electron chi connectivity index (χ2n) is 5.85. The maximum absolute atomic E-state index is 12.2.